The van der Waals surface area contributed by atoms with Gasteiger partial charge >= 0.3 is 5.97 Å². The highest BCUT2D eigenvalue weighted by Crippen LogP contribution is 2.27. The minimum absolute atomic E-state index is 0.0300. The molecular formula is C20H21NO4. The van der Waals surface area contributed by atoms with Crippen molar-refractivity contribution >= 4 is 11.9 Å². The zero-order chi connectivity index (χ0) is 17.8. The van der Waals surface area contributed by atoms with Crippen LogP contribution < -0.4 is 5.32 Å². The smallest absolute Gasteiger partial charge is 0.336 e. The van der Waals surface area contributed by atoms with E-state index in [1.54, 1.807) is 48.5 Å². The van der Waals surface area contributed by atoms with Gasteiger partial charge in [0.15, 0.2) is 0 Å². The highest BCUT2D eigenvalue weighted by atomic mass is 16.5. The minimum atomic E-state index is -1.02. The first-order valence-corrected chi connectivity index (χ1v) is 8.42. The summed E-state index contributed by atoms with van der Waals surface area (Å²) in [5, 5.41) is 12.4. The Morgan fingerprint density at radius 2 is 1.68 bits per heavy atom. The average Bonchev–Trinajstić information content (AvgIpc) is 3.16. The molecular weight excluding hydrogens is 318 g/mol. The van der Waals surface area contributed by atoms with Crippen LogP contribution in [0, 0.1) is 0 Å². The standard InChI is InChI=1S/C20H21NO4/c1-13(18-11-6-12-25-18)21-19(22)16-9-4-2-7-14(16)15-8-3-5-10-17(15)20(23)24/h2-5,7-10,13,18H,6,11-12H2,1H3,(H,21,22)(H,23,24). The Bertz CT molecular complexity index is 781. The molecule has 1 aliphatic rings. The second kappa shape index (κ2) is 7.49. The number of carbonyl (C=O) groups excluding carboxylic acids is 1. The number of aromatic carboxylic acids is 1. The van der Waals surface area contributed by atoms with E-state index in [-0.39, 0.29) is 23.6 Å². The lowest BCUT2D eigenvalue weighted by atomic mass is 9.94. The van der Waals surface area contributed by atoms with Gasteiger partial charge in [-0.3, -0.25) is 4.79 Å². The SMILES string of the molecule is CC(NC(=O)c1ccccc1-c1ccccc1C(=O)O)C1CCCO1. The van der Waals surface area contributed by atoms with Crippen LogP contribution in [0.5, 0.6) is 0 Å². The molecule has 130 valence electrons. The number of carbonyl (C=O) groups is 2. The highest BCUT2D eigenvalue weighted by Gasteiger charge is 2.25. The van der Waals surface area contributed by atoms with Crippen molar-refractivity contribution in [3.05, 3.63) is 59.7 Å². The fraction of sp³-hybridized carbons (Fsp3) is 0.300. The molecule has 2 aromatic carbocycles. The van der Waals surface area contributed by atoms with Crippen molar-refractivity contribution in [3.8, 4) is 11.1 Å². The predicted molar refractivity (Wildman–Crippen MR) is 94.7 cm³/mol. The van der Waals surface area contributed by atoms with Gasteiger partial charge in [0.2, 0.25) is 0 Å². The van der Waals surface area contributed by atoms with Gasteiger partial charge in [-0.15, -0.1) is 0 Å². The van der Waals surface area contributed by atoms with Crippen LogP contribution in [0.4, 0.5) is 0 Å². The first-order chi connectivity index (χ1) is 12.1. The molecule has 3 rings (SSSR count). The number of amides is 1. The molecule has 0 aromatic heterocycles. The van der Waals surface area contributed by atoms with Crippen molar-refractivity contribution in [2.75, 3.05) is 6.61 Å². The summed E-state index contributed by atoms with van der Waals surface area (Å²) in [6.45, 7) is 2.66. The number of nitrogens with one attached hydrogen (secondary N) is 1. The van der Waals surface area contributed by atoms with Gasteiger partial charge in [-0.25, -0.2) is 4.79 Å². The van der Waals surface area contributed by atoms with Crippen LogP contribution in [0.2, 0.25) is 0 Å². The fourth-order valence-electron chi connectivity index (χ4n) is 3.19. The van der Waals surface area contributed by atoms with Gasteiger partial charge in [-0.05, 0) is 43.0 Å². The van der Waals surface area contributed by atoms with Gasteiger partial charge in [-0.2, -0.15) is 0 Å². The Balaban J connectivity index is 1.91. The molecule has 2 N–H and O–H groups in total. The molecule has 0 bridgehead atoms. The molecule has 2 atom stereocenters. The predicted octanol–water partition coefficient (Wildman–Crippen LogP) is 3.35. The van der Waals surface area contributed by atoms with Crippen molar-refractivity contribution in [2.45, 2.75) is 31.9 Å². The van der Waals surface area contributed by atoms with E-state index in [0.29, 0.717) is 16.7 Å². The first-order valence-electron chi connectivity index (χ1n) is 8.42. The lowest BCUT2D eigenvalue weighted by molar-refractivity contribution is 0.0695. The average molecular weight is 339 g/mol. The molecule has 5 heteroatoms. The maximum atomic E-state index is 12.8. The molecule has 0 radical (unpaired) electrons. The molecule has 1 amide bonds. The fourth-order valence-corrected chi connectivity index (χ4v) is 3.19. The van der Waals surface area contributed by atoms with Crippen LogP contribution in [0.15, 0.2) is 48.5 Å². The van der Waals surface area contributed by atoms with Crippen LogP contribution in [0.3, 0.4) is 0 Å². The number of ether oxygens (including phenoxy) is 1. The largest absolute Gasteiger partial charge is 0.478 e. The van der Waals surface area contributed by atoms with E-state index >= 15 is 0 Å². The number of hydrogen-bond acceptors (Lipinski definition) is 3. The third kappa shape index (κ3) is 3.72. The van der Waals surface area contributed by atoms with E-state index in [2.05, 4.69) is 5.32 Å². The molecule has 25 heavy (non-hydrogen) atoms. The van der Waals surface area contributed by atoms with E-state index in [9.17, 15) is 14.7 Å². The van der Waals surface area contributed by atoms with Gasteiger partial charge in [0.25, 0.3) is 5.91 Å². The minimum Gasteiger partial charge on any atom is -0.478 e. The maximum absolute atomic E-state index is 12.8. The second-order valence-corrected chi connectivity index (χ2v) is 6.21. The highest BCUT2D eigenvalue weighted by molar-refractivity contribution is 6.04. The number of hydrogen-bond donors (Lipinski definition) is 2. The molecule has 5 nitrogen and oxygen atoms in total. The third-order valence-corrected chi connectivity index (χ3v) is 4.50. The molecule has 2 unspecified atom stereocenters. The summed E-state index contributed by atoms with van der Waals surface area (Å²) < 4.78 is 5.62. The zero-order valence-electron chi connectivity index (χ0n) is 14.1. The third-order valence-electron chi connectivity index (χ3n) is 4.50. The monoisotopic (exact) mass is 339 g/mol. The molecule has 1 heterocycles. The summed E-state index contributed by atoms with van der Waals surface area (Å²) in [6, 6.07) is 13.7. The van der Waals surface area contributed by atoms with E-state index < -0.39 is 5.97 Å². The number of rotatable bonds is 5. The van der Waals surface area contributed by atoms with Crippen LogP contribution in [-0.2, 0) is 4.74 Å². The molecule has 0 saturated carbocycles. The van der Waals surface area contributed by atoms with E-state index in [1.165, 1.54) is 0 Å². The van der Waals surface area contributed by atoms with E-state index in [1.807, 2.05) is 6.92 Å². The number of benzene rings is 2. The maximum Gasteiger partial charge on any atom is 0.336 e. The Labute approximate surface area is 146 Å². The van der Waals surface area contributed by atoms with Crippen LogP contribution >= 0.6 is 0 Å². The van der Waals surface area contributed by atoms with Crippen molar-refractivity contribution < 1.29 is 19.4 Å². The Kier molecular flexibility index (Phi) is 5.14. The van der Waals surface area contributed by atoms with Gasteiger partial charge in [-0.1, -0.05) is 36.4 Å². The van der Waals surface area contributed by atoms with Crippen LogP contribution in [0.1, 0.15) is 40.5 Å². The van der Waals surface area contributed by atoms with Gasteiger partial charge in [0.05, 0.1) is 17.7 Å². The summed E-state index contributed by atoms with van der Waals surface area (Å²) in [5.74, 6) is -1.24. The van der Waals surface area contributed by atoms with Gasteiger partial charge in [0, 0.05) is 12.2 Å². The lowest BCUT2D eigenvalue weighted by Crippen LogP contribution is -2.41. The summed E-state index contributed by atoms with van der Waals surface area (Å²) in [5.41, 5.74) is 1.78. The van der Waals surface area contributed by atoms with E-state index in [4.69, 9.17) is 4.74 Å². The Hall–Kier alpha value is -2.66. The van der Waals surface area contributed by atoms with Crippen LogP contribution in [-0.4, -0.2) is 35.7 Å². The van der Waals surface area contributed by atoms with Crippen molar-refractivity contribution in [2.24, 2.45) is 0 Å². The topological polar surface area (TPSA) is 75.6 Å². The Morgan fingerprint density at radius 1 is 1.08 bits per heavy atom. The zero-order valence-corrected chi connectivity index (χ0v) is 14.1. The second-order valence-electron chi connectivity index (χ2n) is 6.21. The molecule has 1 fully saturated rings. The van der Waals surface area contributed by atoms with Crippen LogP contribution in [0.25, 0.3) is 11.1 Å². The molecule has 0 aliphatic carbocycles. The van der Waals surface area contributed by atoms with E-state index in [0.717, 1.165) is 19.4 Å². The van der Waals surface area contributed by atoms with Crippen molar-refractivity contribution in [1.29, 1.82) is 0 Å². The summed E-state index contributed by atoms with van der Waals surface area (Å²) >= 11 is 0. The van der Waals surface area contributed by atoms with Crippen molar-refractivity contribution in [1.82, 2.24) is 5.32 Å². The summed E-state index contributed by atoms with van der Waals surface area (Å²) in [6.07, 6.45) is 1.97. The summed E-state index contributed by atoms with van der Waals surface area (Å²) in [4.78, 5) is 24.3. The Morgan fingerprint density at radius 3 is 2.28 bits per heavy atom. The molecule has 1 saturated heterocycles. The lowest BCUT2D eigenvalue weighted by Gasteiger charge is -2.21. The quantitative estimate of drug-likeness (QED) is 0.876. The van der Waals surface area contributed by atoms with Gasteiger partial charge < -0.3 is 15.2 Å². The molecule has 0 spiro atoms. The normalized spacial score (nSPS) is 17.9. The number of carboxylic acids is 1. The molecule has 2 aromatic rings. The molecule has 1 aliphatic heterocycles. The van der Waals surface area contributed by atoms with Crippen molar-refractivity contribution in [3.63, 3.8) is 0 Å². The van der Waals surface area contributed by atoms with Gasteiger partial charge in [0.1, 0.15) is 0 Å². The first kappa shape index (κ1) is 17.2. The number of carboxylic acid groups (broad SMARTS) is 1. The summed E-state index contributed by atoms with van der Waals surface area (Å²) in [7, 11) is 0.